The largest absolute Gasteiger partial charge is 0.356 e. The molecule has 1 aliphatic rings. The van der Waals surface area contributed by atoms with Gasteiger partial charge >= 0.3 is 0 Å². The fraction of sp³-hybridized carbons (Fsp3) is 0.455. The predicted octanol–water partition coefficient (Wildman–Crippen LogP) is 2.89. The van der Waals surface area contributed by atoms with Gasteiger partial charge in [-0.15, -0.1) is 0 Å². The summed E-state index contributed by atoms with van der Waals surface area (Å²) in [5.74, 6) is 0. The van der Waals surface area contributed by atoms with Gasteiger partial charge in [0, 0.05) is 12.0 Å². The quantitative estimate of drug-likeness (QED) is 0.755. The van der Waals surface area contributed by atoms with E-state index in [-0.39, 0.29) is 6.23 Å². The minimum absolute atomic E-state index is 0.0780. The molecule has 1 atom stereocenters. The van der Waals surface area contributed by atoms with Gasteiger partial charge in [0.1, 0.15) is 4.60 Å². The van der Waals surface area contributed by atoms with Gasteiger partial charge in [-0.25, -0.2) is 9.67 Å². The highest BCUT2D eigenvalue weighted by molar-refractivity contribution is 9.10. The van der Waals surface area contributed by atoms with Crippen molar-refractivity contribution in [2.45, 2.75) is 25.5 Å². The number of halogens is 1. The molecule has 0 aliphatic carbocycles. The molecule has 0 saturated carbocycles. The molecule has 16 heavy (non-hydrogen) atoms. The van der Waals surface area contributed by atoms with Crippen molar-refractivity contribution in [3.63, 3.8) is 0 Å². The monoisotopic (exact) mass is 281 g/mol. The Bertz CT molecular complexity index is 505. The first kappa shape index (κ1) is 10.2. The predicted molar refractivity (Wildman–Crippen MR) is 64.1 cm³/mol. The number of ether oxygens (including phenoxy) is 1. The van der Waals surface area contributed by atoms with Crippen molar-refractivity contribution in [1.82, 2.24) is 14.8 Å². The molecule has 0 unspecified atom stereocenters. The van der Waals surface area contributed by atoms with Crippen LogP contribution >= 0.6 is 15.9 Å². The molecule has 3 rings (SSSR count). The van der Waals surface area contributed by atoms with E-state index in [2.05, 4.69) is 26.0 Å². The molecular formula is C11H12BrN3O. The lowest BCUT2D eigenvalue weighted by Gasteiger charge is -2.23. The number of fused-ring (bicyclic) bond motifs is 1. The van der Waals surface area contributed by atoms with Crippen LogP contribution in [-0.2, 0) is 4.74 Å². The van der Waals surface area contributed by atoms with Gasteiger partial charge in [0.15, 0.2) is 6.23 Å². The highest BCUT2D eigenvalue weighted by Crippen LogP contribution is 2.26. The molecule has 4 nitrogen and oxygen atoms in total. The summed E-state index contributed by atoms with van der Waals surface area (Å²) >= 11 is 3.36. The van der Waals surface area contributed by atoms with E-state index in [0.29, 0.717) is 0 Å². The van der Waals surface area contributed by atoms with Gasteiger partial charge < -0.3 is 4.74 Å². The Labute approximate surface area is 102 Å². The summed E-state index contributed by atoms with van der Waals surface area (Å²) in [6, 6.07) is 1.97. The summed E-state index contributed by atoms with van der Waals surface area (Å²) in [5, 5.41) is 5.48. The fourth-order valence-electron chi connectivity index (χ4n) is 2.06. The summed E-state index contributed by atoms with van der Waals surface area (Å²) < 4.78 is 8.50. The molecule has 0 radical (unpaired) electrons. The van der Waals surface area contributed by atoms with Crippen molar-refractivity contribution in [2.75, 3.05) is 6.61 Å². The molecule has 1 saturated heterocycles. The molecule has 2 aromatic heterocycles. The third-order valence-electron chi connectivity index (χ3n) is 2.88. The Morgan fingerprint density at radius 3 is 3.12 bits per heavy atom. The van der Waals surface area contributed by atoms with E-state index in [1.54, 1.807) is 0 Å². The lowest BCUT2D eigenvalue weighted by Crippen LogP contribution is -2.18. The Morgan fingerprint density at radius 1 is 1.38 bits per heavy atom. The SMILES string of the molecule is Brc1cc2cnn([C@H]3CCCCO3)c2cn1. The zero-order chi connectivity index (χ0) is 11.0. The highest BCUT2D eigenvalue weighted by atomic mass is 79.9. The first-order chi connectivity index (χ1) is 7.84. The molecule has 0 bridgehead atoms. The number of hydrogen-bond acceptors (Lipinski definition) is 3. The number of hydrogen-bond donors (Lipinski definition) is 0. The second-order valence-corrected chi connectivity index (χ2v) is 4.79. The fourth-order valence-corrected chi connectivity index (χ4v) is 2.41. The first-order valence-electron chi connectivity index (χ1n) is 5.45. The van der Waals surface area contributed by atoms with Gasteiger partial charge in [-0.3, -0.25) is 0 Å². The average Bonchev–Trinajstić information content (AvgIpc) is 2.73. The lowest BCUT2D eigenvalue weighted by molar-refractivity contribution is -0.0367. The van der Waals surface area contributed by atoms with Gasteiger partial charge in [-0.1, -0.05) is 0 Å². The van der Waals surface area contributed by atoms with Crippen molar-refractivity contribution < 1.29 is 4.74 Å². The van der Waals surface area contributed by atoms with Crippen molar-refractivity contribution in [1.29, 1.82) is 0 Å². The number of nitrogens with zero attached hydrogens (tertiary/aromatic N) is 3. The van der Waals surface area contributed by atoms with Crippen LogP contribution in [0.4, 0.5) is 0 Å². The molecule has 2 aromatic rings. The molecule has 0 aromatic carbocycles. The molecule has 3 heterocycles. The van der Waals surface area contributed by atoms with E-state index in [1.165, 1.54) is 6.42 Å². The number of rotatable bonds is 1. The van der Waals surface area contributed by atoms with Crippen molar-refractivity contribution in [3.05, 3.63) is 23.1 Å². The van der Waals surface area contributed by atoms with Crippen LogP contribution in [0.15, 0.2) is 23.1 Å². The topological polar surface area (TPSA) is 39.9 Å². The Balaban J connectivity index is 2.03. The number of aromatic nitrogens is 3. The standard InChI is InChI=1S/C11H12BrN3O/c12-10-5-8-6-14-15(9(8)7-13-10)11-3-1-2-4-16-11/h5-7,11H,1-4H2/t11-/m1/s1. The third-order valence-corrected chi connectivity index (χ3v) is 3.31. The third kappa shape index (κ3) is 1.74. The Kier molecular flexibility index (Phi) is 2.65. The van der Waals surface area contributed by atoms with Crippen molar-refractivity contribution >= 4 is 26.8 Å². The average molecular weight is 282 g/mol. The lowest BCUT2D eigenvalue weighted by atomic mass is 10.2. The van der Waals surface area contributed by atoms with Crippen LogP contribution in [0.25, 0.3) is 10.9 Å². The maximum atomic E-state index is 5.72. The minimum atomic E-state index is 0.0780. The van der Waals surface area contributed by atoms with Crippen LogP contribution in [-0.4, -0.2) is 21.4 Å². The Morgan fingerprint density at radius 2 is 2.31 bits per heavy atom. The van der Waals surface area contributed by atoms with Crippen LogP contribution in [0.5, 0.6) is 0 Å². The van der Waals surface area contributed by atoms with Crippen molar-refractivity contribution in [3.8, 4) is 0 Å². The summed E-state index contributed by atoms with van der Waals surface area (Å²) in [7, 11) is 0. The molecule has 0 amide bonds. The Hall–Kier alpha value is -0.940. The zero-order valence-electron chi connectivity index (χ0n) is 8.77. The molecule has 1 fully saturated rings. The van der Waals surface area contributed by atoms with Crippen molar-refractivity contribution in [2.24, 2.45) is 0 Å². The molecule has 0 spiro atoms. The van der Waals surface area contributed by atoms with E-state index in [1.807, 2.05) is 23.1 Å². The summed E-state index contributed by atoms with van der Waals surface area (Å²) in [6.07, 6.45) is 7.17. The summed E-state index contributed by atoms with van der Waals surface area (Å²) in [6.45, 7) is 0.829. The second-order valence-electron chi connectivity index (χ2n) is 3.98. The van der Waals surface area contributed by atoms with Gasteiger partial charge in [-0.2, -0.15) is 5.10 Å². The number of pyridine rings is 1. The zero-order valence-corrected chi connectivity index (χ0v) is 10.4. The molecule has 0 N–H and O–H groups in total. The van der Waals surface area contributed by atoms with E-state index in [9.17, 15) is 0 Å². The molecule has 5 heteroatoms. The maximum Gasteiger partial charge on any atom is 0.150 e. The minimum Gasteiger partial charge on any atom is -0.356 e. The second kappa shape index (κ2) is 4.14. The van der Waals surface area contributed by atoms with Gasteiger partial charge in [-0.05, 0) is 41.3 Å². The molecule has 1 aliphatic heterocycles. The normalized spacial score (nSPS) is 21.4. The summed E-state index contributed by atoms with van der Waals surface area (Å²) in [5.41, 5.74) is 1.04. The van der Waals surface area contributed by atoms with Crippen LogP contribution in [0.2, 0.25) is 0 Å². The van der Waals surface area contributed by atoms with E-state index in [4.69, 9.17) is 4.74 Å². The van der Waals surface area contributed by atoms with Gasteiger partial charge in [0.05, 0.1) is 17.9 Å². The van der Waals surface area contributed by atoms with Crippen LogP contribution in [0.3, 0.4) is 0 Å². The molecule has 84 valence electrons. The van der Waals surface area contributed by atoms with Gasteiger partial charge in [0.2, 0.25) is 0 Å². The maximum absolute atomic E-state index is 5.72. The summed E-state index contributed by atoms with van der Waals surface area (Å²) in [4.78, 5) is 4.24. The smallest absolute Gasteiger partial charge is 0.150 e. The van der Waals surface area contributed by atoms with Crippen LogP contribution in [0, 0.1) is 0 Å². The van der Waals surface area contributed by atoms with E-state index >= 15 is 0 Å². The first-order valence-corrected chi connectivity index (χ1v) is 6.24. The van der Waals surface area contributed by atoms with E-state index in [0.717, 1.165) is 35.0 Å². The highest BCUT2D eigenvalue weighted by Gasteiger charge is 2.18. The van der Waals surface area contributed by atoms with E-state index < -0.39 is 0 Å². The molecular weight excluding hydrogens is 270 g/mol. The van der Waals surface area contributed by atoms with Gasteiger partial charge in [0.25, 0.3) is 0 Å². The van der Waals surface area contributed by atoms with Crippen LogP contribution < -0.4 is 0 Å². The van der Waals surface area contributed by atoms with Crippen LogP contribution in [0.1, 0.15) is 25.5 Å².